The molecule has 2 aromatic heterocycles. The zero-order chi connectivity index (χ0) is 13.0. The number of amides is 1. The van der Waals surface area contributed by atoms with Crippen LogP contribution in [-0.2, 0) is 0 Å². The Morgan fingerprint density at radius 1 is 1.33 bits per heavy atom. The fourth-order valence-corrected chi connectivity index (χ4v) is 1.78. The summed E-state index contributed by atoms with van der Waals surface area (Å²) in [4.78, 5) is 22.0. The largest absolute Gasteiger partial charge is 0.338 e. The van der Waals surface area contributed by atoms with E-state index in [0.29, 0.717) is 18.8 Å². The molecule has 0 fully saturated rings. The average molecular weight is 244 g/mol. The molecule has 0 N–H and O–H groups in total. The molecule has 0 atom stereocenters. The van der Waals surface area contributed by atoms with Crippen LogP contribution in [0.25, 0.3) is 5.69 Å². The monoisotopic (exact) mass is 244 g/mol. The molecule has 0 saturated carbocycles. The van der Waals surface area contributed by atoms with E-state index in [4.69, 9.17) is 0 Å². The van der Waals surface area contributed by atoms with Crippen molar-refractivity contribution < 1.29 is 4.79 Å². The van der Waals surface area contributed by atoms with E-state index in [9.17, 15) is 4.79 Å². The molecule has 1 amide bonds. The summed E-state index contributed by atoms with van der Waals surface area (Å²) >= 11 is 0. The highest BCUT2D eigenvalue weighted by molar-refractivity contribution is 5.92. The van der Waals surface area contributed by atoms with Gasteiger partial charge in [0, 0.05) is 31.7 Å². The lowest BCUT2D eigenvalue weighted by Crippen LogP contribution is -2.31. The van der Waals surface area contributed by atoms with Gasteiger partial charge in [0.2, 0.25) is 0 Å². The summed E-state index contributed by atoms with van der Waals surface area (Å²) in [7, 11) is 0. The number of pyridine rings is 1. The number of nitrogens with zero attached hydrogens (tertiary/aromatic N) is 4. The third-order valence-electron chi connectivity index (χ3n) is 2.82. The summed E-state index contributed by atoms with van der Waals surface area (Å²) in [5.74, 6) is -0.0398. The van der Waals surface area contributed by atoms with E-state index in [-0.39, 0.29) is 5.91 Å². The highest BCUT2D eigenvalue weighted by Crippen LogP contribution is 2.09. The Kier molecular flexibility index (Phi) is 3.72. The Hall–Kier alpha value is -2.17. The minimum atomic E-state index is -0.0398. The molecule has 2 aromatic rings. The summed E-state index contributed by atoms with van der Waals surface area (Å²) in [5, 5.41) is 0. The van der Waals surface area contributed by atoms with Crippen LogP contribution < -0.4 is 0 Å². The van der Waals surface area contributed by atoms with Gasteiger partial charge in [-0.2, -0.15) is 0 Å². The Balaban J connectivity index is 2.30. The van der Waals surface area contributed by atoms with E-state index >= 15 is 0 Å². The quantitative estimate of drug-likeness (QED) is 0.823. The van der Waals surface area contributed by atoms with Gasteiger partial charge in [0.05, 0.1) is 12.0 Å². The second kappa shape index (κ2) is 5.44. The summed E-state index contributed by atoms with van der Waals surface area (Å²) in [6.45, 7) is 5.29. The number of aromatic nitrogens is 3. The third kappa shape index (κ3) is 2.40. The van der Waals surface area contributed by atoms with Crippen molar-refractivity contribution in [3.8, 4) is 5.69 Å². The maximum absolute atomic E-state index is 12.2. The van der Waals surface area contributed by atoms with E-state index in [2.05, 4.69) is 9.97 Å². The fraction of sp³-hybridized carbons (Fsp3) is 0.308. The zero-order valence-electron chi connectivity index (χ0n) is 10.6. The van der Waals surface area contributed by atoms with Crippen LogP contribution >= 0.6 is 0 Å². The highest BCUT2D eigenvalue weighted by Gasteiger charge is 2.14. The molecule has 0 aromatic carbocycles. The second-order valence-corrected chi connectivity index (χ2v) is 3.85. The Morgan fingerprint density at radius 3 is 2.72 bits per heavy atom. The van der Waals surface area contributed by atoms with Crippen molar-refractivity contribution in [2.45, 2.75) is 13.8 Å². The van der Waals surface area contributed by atoms with Crippen LogP contribution in [0.15, 0.2) is 37.1 Å². The van der Waals surface area contributed by atoms with Crippen LogP contribution in [-0.4, -0.2) is 38.4 Å². The predicted molar refractivity (Wildman–Crippen MR) is 68.6 cm³/mol. The smallest absolute Gasteiger partial charge is 0.272 e. The second-order valence-electron chi connectivity index (χ2n) is 3.85. The average Bonchev–Trinajstić information content (AvgIpc) is 2.94. The molecule has 0 aliphatic rings. The molecule has 0 radical (unpaired) electrons. The molecule has 0 aliphatic heterocycles. The standard InChI is InChI=1S/C13H16N4O/c1-3-16(4-2)13(18)12-9-11(5-6-15-12)17-8-7-14-10-17/h5-10H,3-4H2,1-2H3. The molecular formula is C13H16N4O. The van der Waals surface area contributed by atoms with Crippen molar-refractivity contribution in [1.82, 2.24) is 19.4 Å². The van der Waals surface area contributed by atoms with Crippen molar-refractivity contribution in [2.24, 2.45) is 0 Å². The van der Waals surface area contributed by atoms with Crippen LogP contribution in [0.4, 0.5) is 0 Å². The van der Waals surface area contributed by atoms with Gasteiger partial charge in [0.25, 0.3) is 5.91 Å². The van der Waals surface area contributed by atoms with E-state index < -0.39 is 0 Å². The van der Waals surface area contributed by atoms with Crippen LogP contribution in [0.2, 0.25) is 0 Å². The summed E-state index contributed by atoms with van der Waals surface area (Å²) in [6, 6.07) is 3.63. The van der Waals surface area contributed by atoms with Crippen LogP contribution in [0.1, 0.15) is 24.3 Å². The molecule has 2 rings (SSSR count). The van der Waals surface area contributed by atoms with Crippen LogP contribution in [0, 0.1) is 0 Å². The number of imidazole rings is 1. The first-order valence-corrected chi connectivity index (χ1v) is 6.00. The Bertz CT molecular complexity index is 518. The fourth-order valence-electron chi connectivity index (χ4n) is 1.78. The first kappa shape index (κ1) is 12.3. The van der Waals surface area contributed by atoms with Crippen LogP contribution in [0.5, 0.6) is 0 Å². The number of rotatable bonds is 4. The van der Waals surface area contributed by atoms with Gasteiger partial charge in [-0.25, -0.2) is 4.98 Å². The van der Waals surface area contributed by atoms with Gasteiger partial charge in [-0.15, -0.1) is 0 Å². The molecule has 94 valence electrons. The van der Waals surface area contributed by atoms with Gasteiger partial charge >= 0.3 is 0 Å². The number of carbonyl (C=O) groups excluding carboxylic acids is 1. The Labute approximate surface area is 106 Å². The predicted octanol–water partition coefficient (Wildman–Crippen LogP) is 1.75. The summed E-state index contributed by atoms with van der Waals surface area (Å²) in [6.07, 6.45) is 6.88. The normalized spacial score (nSPS) is 10.3. The van der Waals surface area contributed by atoms with Gasteiger partial charge in [0.1, 0.15) is 5.69 Å². The molecule has 5 heteroatoms. The highest BCUT2D eigenvalue weighted by atomic mass is 16.2. The van der Waals surface area contributed by atoms with Crippen molar-refractivity contribution in [3.05, 3.63) is 42.7 Å². The van der Waals surface area contributed by atoms with Gasteiger partial charge < -0.3 is 9.47 Å². The first-order valence-electron chi connectivity index (χ1n) is 6.00. The lowest BCUT2D eigenvalue weighted by Gasteiger charge is -2.18. The van der Waals surface area contributed by atoms with Gasteiger partial charge in [-0.3, -0.25) is 9.78 Å². The van der Waals surface area contributed by atoms with E-state index in [1.54, 1.807) is 29.7 Å². The molecule has 18 heavy (non-hydrogen) atoms. The van der Waals surface area contributed by atoms with E-state index in [1.165, 1.54) is 0 Å². The van der Waals surface area contributed by atoms with Gasteiger partial charge in [0.15, 0.2) is 0 Å². The number of carbonyl (C=O) groups is 1. The van der Waals surface area contributed by atoms with Crippen molar-refractivity contribution in [3.63, 3.8) is 0 Å². The Morgan fingerprint density at radius 2 is 2.11 bits per heavy atom. The summed E-state index contributed by atoms with van der Waals surface area (Å²) in [5.41, 5.74) is 1.35. The lowest BCUT2D eigenvalue weighted by molar-refractivity contribution is 0.0767. The molecule has 2 heterocycles. The molecule has 0 aliphatic carbocycles. The molecule has 0 saturated heterocycles. The van der Waals surface area contributed by atoms with Crippen molar-refractivity contribution in [1.29, 1.82) is 0 Å². The van der Waals surface area contributed by atoms with Gasteiger partial charge in [-0.1, -0.05) is 0 Å². The lowest BCUT2D eigenvalue weighted by atomic mass is 10.2. The number of hydrogen-bond acceptors (Lipinski definition) is 3. The van der Waals surface area contributed by atoms with E-state index in [0.717, 1.165) is 5.69 Å². The minimum absolute atomic E-state index is 0.0398. The zero-order valence-corrected chi connectivity index (χ0v) is 10.6. The molecule has 5 nitrogen and oxygen atoms in total. The SMILES string of the molecule is CCN(CC)C(=O)c1cc(-n2ccnc2)ccn1. The van der Waals surface area contributed by atoms with Crippen molar-refractivity contribution >= 4 is 5.91 Å². The van der Waals surface area contributed by atoms with Gasteiger partial charge in [-0.05, 0) is 26.0 Å². The molecular weight excluding hydrogens is 228 g/mol. The first-order chi connectivity index (χ1) is 8.76. The van der Waals surface area contributed by atoms with E-state index in [1.807, 2.05) is 30.7 Å². The maximum atomic E-state index is 12.2. The van der Waals surface area contributed by atoms with Crippen molar-refractivity contribution in [2.75, 3.05) is 13.1 Å². The third-order valence-corrected chi connectivity index (χ3v) is 2.82. The summed E-state index contributed by atoms with van der Waals surface area (Å²) < 4.78 is 1.85. The molecule has 0 spiro atoms. The van der Waals surface area contributed by atoms with Crippen LogP contribution in [0.3, 0.4) is 0 Å². The molecule has 0 bridgehead atoms. The number of hydrogen-bond donors (Lipinski definition) is 0. The maximum Gasteiger partial charge on any atom is 0.272 e. The topological polar surface area (TPSA) is 51.0 Å². The minimum Gasteiger partial charge on any atom is -0.338 e. The molecule has 0 unspecified atom stereocenters.